The predicted octanol–water partition coefficient (Wildman–Crippen LogP) is 3.41. The van der Waals surface area contributed by atoms with Gasteiger partial charge in [-0.15, -0.1) is 0 Å². The molecule has 0 spiro atoms. The van der Waals surface area contributed by atoms with Gasteiger partial charge in [0.25, 0.3) is 5.91 Å². The van der Waals surface area contributed by atoms with Crippen molar-refractivity contribution in [2.45, 2.75) is 57.5 Å². The fourth-order valence-corrected chi connectivity index (χ4v) is 3.64. The first kappa shape index (κ1) is 24.9. The molecule has 0 saturated heterocycles. The highest BCUT2D eigenvalue weighted by Crippen LogP contribution is 2.22. The van der Waals surface area contributed by atoms with Crippen LogP contribution in [0.2, 0.25) is 0 Å². The number of thiol groups is 1. The number of aryl methyl sites for hydroxylation is 1. The Bertz CT molecular complexity index is 638. The summed E-state index contributed by atoms with van der Waals surface area (Å²) in [5.74, 6) is 1.00. The fraction of sp³-hybridized carbons (Fsp3) is 0.619. The molecule has 0 aliphatic heterocycles. The van der Waals surface area contributed by atoms with Gasteiger partial charge in [0.05, 0.1) is 7.11 Å². The molecule has 0 radical (unpaired) electrons. The maximum absolute atomic E-state index is 13.0. The van der Waals surface area contributed by atoms with E-state index in [1.165, 1.54) is 7.11 Å². The van der Waals surface area contributed by atoms with Crippen molar-refractivity contribution >= 4 is 36.3 Å². The highest BCUT2D eigenvalue weighted by molar-refractivity contribution is 7.98. The number of esters is 1. The second-order valence-electron chi connectivity index (χ2n) is 7.24. The summed E-state index contributed by atoms with van der Waals surface area (Å²) in [6.45, 7) is 4.12. The first-order valence-corrected chi connectivity index (χ1v) is 11.7. The van der Waals surface area contributed by atoms with Crippen molar-refractivity contribution in [3.8, 4) is 0 Å². The first-order chi connectivity index (χ1) is 13.3. The third-order valence-electron chi connectivity index (χ3n) is 4.66. The lowest BCUT2D eigenvalue weighted by atomic mass is 9.93. The van der Waals surface area contributed by atoms with E-state index < -0.39 is 12.0 Å². The second kappa shape index (κ2) is 13.1. The van der Waals surface area contributed by atoms with E-state index in [4.69, 9.17) is 10.5 Å². The van der Waals surface area contributed by atoms with Crippen molar-refractivity contribution in [1.29, 1.82) is 0 Å². The number of thioether (sulfide) groups is 1. The fourth-order valence-electron chi connectivity index (χ4n) is 2.98. The number of nitrogens with two attached hydrogens (primary N) is 1. The van der Waals surface area contributed by atoms with Crippen LogP contribution in [0.1, 0.15) is 60.5 Å². The molecule has 0 saturated carbocycles. The Morgan fingerprint density at radius 3 is 2.57 bits per heavy atom. The van der Waals surface area contributed by atoms with Crippen molar-refractivity contribution in [2.24, 2.45) is 5.73 Å². The summed E-state index contributed by atoms with van der Waals surface area (Å²) >= 11 is 5.85. The molecule has 0 fully saturated rings. The summed E-state index contributed by atoms with van der Waals surface area (Å²) < 4.78 is 4.85. The van der Waals surface area contributed by atoms with Crippen molar-refractivity contribution in [2.75, 3.05) is 24.9 Å². The molecule has 28 heavy (non-hydrogen) atoms. The number of hydrogen-bond donors (Lipinski definition) is 3. The second-order valence-corrected chi connectivity index (χ2v) is 8.59. The Balaban J connectivity index is 2.98. The van der Waals surface area contributed by atoms with E-state index >= 15 is 0 Å². The van der Waals surface area contributed by atoms with Gasteiger partial charge >= 0.3 is 5.97 Å². The van der Waals surface area contributed by atoms with E-state index in [2.05, 4.69) is 37.9 Å². The molecular weight excluding hydrogens is 392 g/mol. The van der Waals surface area contributed by atoms with Crippen molar-refractivity contribution in [3.05, 3.63) is 34.9 Å². The van der Waals surface area contributed by atoms with Crippen LogP contribution >= 0.6 is 24.4 Å². The number of hydrogen-bond acceptors (Lipinski definition) is 6. The van der Waals surface area contributed by atoms with Gasteiger partial charge in [0.2, 0.25) is 0 Å². The number of rotatable bonds is 12. The lowest BCUT2D eigenvalue weighted by Crippen LogP contribution is -2.42. The monoisotopic (exact) mass is 426 g/mol. The van der Waals surface area contributed by atoms with Gasteiger partial charge < -0.3 is 15.8 Å². The molecular formula is C21H34N2O3S2. The van der Waals surface area contributed by atoms with Crippen LogP contribution < -0.4 is 11.1 Å². The third-order valence-corrected chi connectivity index (χ3v) is 5.77. The van der Waals surface area contributed by atoms with Crippen molar-refractivity contribution in [1.82, 2.24) is 5.32 Å². The Kier molecular flexibility index (Phi) is 11.6. The number of carbonyl (C=O) groups excluding carboxylic acids is 2. The zero-order valence-electron chi connectivity index (χ0n) is 17.4. The predicted molar refractivity (Wildman–Crippen MR) is 122 cm³/mol. The average molecular weight is 427 g/mol. The van der Waals surface area contributed by atoms with E-state index in [0.29, 0.717) is 17.7 Å². The van der Waals surface area contributed by atoms with Crippen LogP contribution in [0.25, 0.3) is 0 Å². The van der Waals surface area contributed by atoms with Crippen LogP contribution in [0.15, 0.2) is 18.2 Å². The Morgan fingerprint density at radius 1 is 1.29 bits per heavy atom. The Morgan fingerprint density at radius 2 is 2.00 bits per heavy atom. The standard InChI is InChI=1S/C21H34N2O3S2/c1-14(2)17-9-8-15(6-5-7-16(22)13-27)12-18(17)20(24)23-19(10-11-28-4)21(25)26-3/h8-9,12,14,16,19,27H,5-7,10-11,13,22H2,1-4H3,(H,23,24)/t16-,19-/m1/s1. The molecule has 0 unspecified atom stereocenters. The number of benzene rings is 1. The maximum atomic E-state index is 13.0. The Hall–Kier alpha value is -1.18. The molecule has 1 amide bonds. The topological polar surface area (TPSA) is 81.4 Å². The molecule has 158 valence electrons. The quantitative estimate of drug-likeness (QED) is 0.352. The maximum Gasteiger partial charge on any atom is 0.328 e. The molecule has 3 N–H and O–H groups in total. The van der Waals surface area contributed by atoms with Gasteiger partial charge in [-0.05, 0) is 60.8 Å². The lowest BCUT2D eigenvalue weighted by Gasteiger charge is -2.19. The molecule has 1 rings (SSSR count). The van der Waals surface area contributed by atoms with E-state index in [1.54, 1.807) is 11.8 Å². The van der Waals surface area contributed by atoms with Crippen LogP contribution in [0.3, 0.4) is 0 Å². The Labute approximate surface area is 179 Å². The third kappa shape index (κ3) is 8.05. The minimum atomic E-state index is -0.637. The molecule has 5 nitrogen and oxygen atoms in total. The smallest absolute Gasteiger partial charge is 0.328 e. The largest absolute Gasteiger partial charge is 0.467 e. The van der Waals surface area contributed by atoms with Crippen LogP contribution in [0.5, 0.6) is 0 Å². The van der Waals surface area contributed by atoms with Crippen molar-refractivity contribution in [3.63, 3.8) is 0 Å². The first-order valence-electron chi connectivity index (χ1n) is 9.70. The molecule has 0 bridgehead atoms. The van der Waals surface area contributed by atoms with E-state index in [1.807, 2.05) is 18.4 Å². The summed E-state index contributed by atoms with van der Waals surface area (Å²) in [5, 5.41) is 2.87. The van der Waals surface area contributed by atoms with Gasteiger partial charge in [0, 0.05) is 17.4 Å². The molecule has 2 atom stereocenters. The highest BCUT2D eigenvalue weighted by Gasteiger charge is 2.23. The number of amides is 1. The van der Waals surface area contributed by atoms with Gasteiger partial charge in [0.1, 0.15) is 6.04 Å². The zero-order chi connectivity index (χ0) is 21.1. The van der Waals surface area contributed by atoms with Crippen LogP contribution in [0.4, 0.5) is 0 Å². The summed E-state index contributed by atoms with van der Waals surface area (Å²) in [6.07, 6.45) is 5.21. The molecule has 1 aromatic carbocycles. The van der Waals surface area contributed by atoms with Gasteiger partial charge in [0.15, 0.2) is 0 Å². The SMILES string of the molecule is COC(=O)[C@@H](CCSC)NC(=O)c1cc(CCC[C@@H](N)CS)ccc1C(C)C. The number of methoxy groups -OCH3 is 1. The molecule has 1 aromatic rings. The number of nitrogens with one attached hydrogen (secondary N) is 1. The van der Waals surface area contributed by atoms with E-state index in [9.17, 15) is 9.59 Å². The molecule has 0 heterocycles. The highest BCUT2D eigenvalue weighted by atomic mass is 32.2. The summed E-state index contributed by atoms with van der Waals surface area (Å²) in [5.41, 5.74) is 8.63. The minimum absolute atomic E-state index is 0.0956. The molecule has 0 aromatic heterocycles. The zero-order valence-corrected chi connectivity index (χ0v) is 19.1. The van der Waals surface area contributed by atoms with Crippen LogP contribution in [-0.4, -0.2) is 48.8 Å². The summed E-state index contributed by atoms with van der Waals surface area (Å²) in [7, 11) is 1.34. The van der Waals surface area contributed by atoms with E-state index in [-0.39, 0.29) is 17.9 Å². The van der Waals surface area contributed by atoms with Gasteiger partial charge in [-0.1, -0.05) is 26.0 Å². The van der Waals surface area contributed by atoms with Crippen molar-refractivity contribution < 1.29 is 14.3 Å². The number of ether oxygens (including phenoxy) is 1. The summed E-state index contributed by atoms with van der Waals surface area (Å²) in [4.78, 5) is 25.0. The van der Waals surface area contributed by atoms with Crippen LogP contribution in [-0.2, 0) is 16.0 Å². The van der Waals surface area contributed by atoms with E-state index in [0.717, 1.165) is 36.1 Å². The van der Waals surface area contributed by atoms with Gasteiger partial charge in [-0.3, -0.25) is 4.79 Å². The summed E-state index contributed by atoms with van der Waals surface area (Å²) in [6, 6.07) is 5.49. The molecule has 0 aliphatic carbocycles. The van der Waals surface area contributed by atoms with Gasteiger partial charge in [-0.2, -0.15) is 24.4 Å². The normalized spacial score (nSPS) is 13.2. The number of carbonyl (C=O) groups is 2. The molecule has 7 heteroatoms. The average Bonchev–Trinajstić information content (AvgIpc) is 2.69. The molecule has 0 aliphatic rings. The van der Waals surface area contributed by atoms with Crippen LogP contribution in [0, 0.1) is 0 Å². The van der Waals surface area contributed by atoms with Gasteiger partial charge in [-0.25, -0.2) is 4.79 Å². The minimum Gasteiger partial charge on any atom is -0.467 e. The lowest BCUT2D eigenvalue weighted by molar-refractivity contribution is -0.142.